The molecule has 0 aliphatic rings. The number of halogens is 5. The molecule has 0 spiro atoms. The van der Waals surface area contributed by atoms with Crippen LogP contribution in [0.25, 0.3) is 22.3 Å². The first-order valence-corrected chi connectivity index (χ1v) is 11.0. The van der Waals surface area contributed by atoms with Gasteiger partial charge in [0.05, 0.1) is 35.7 Å². The molecule has 0 saturated carbocycles. The Morgan fingerprint density at radius 3 is 1.58 bits per heavy atom. The average Bonchev–Trinajstić information content (AvgIpc) is 2.91. The first kappa shape index (κ1) is 35.6. The number of aliphatic hydroxyl groups excluding tert-OH is 1. The third-order valence-electron chi connectivity index (χ3n) is 4.21. The Bertz CT molecular complexity index is 1280. The molecule has 0 atom stereocenters. The van der Waals surface area contributed by atoms with Gasteiger partial charge in [-0.25, -0.2) is 28.7 Å². The van der Waals surface area contributed by atoms with Crippen LogP contribution >= 0.6 is 34.8 Å². The molecule has 0 aliphatic carbocycles. The second-order valence-electron chi connectivity index (χ2n) is 6.37. The number of nitrogens with zero attached hydrogens (tertiary/aromatic N) is 4. The number of ether oxygens (including phenoxy) is 1. The van der Waals surface area contributed by atoms with Crippen LogP contribution in [0.4, 0.5) is 20.4 Å². The summed E-state index contributed by atoms with van der Waals surface area (Å²) in [4.78, 5) is 15.2. The Morgan fingerprint density at radius 1 is 0.711 bits per heavy atom. The number of pyridine rings is 4. The summed E-state index contributed by atoms with van der Waals surface area (Å²) in [6, 6.07) is 5.61. The molecule has 0 fully saturated rings. The van der Waals surface area contributed by atoms with Crippen molar-refractivity contribution < 1.29 is 53.3 Å². The van der Waals surface area contributed by atoms with E-state index in [0.717, 1.165) is 26.6 Å². The van der Waals surface area contributed by atoms with Gasteiger partial charge in [0.1, 0.15) is 28.4 Å². The summed E-state index contributed by atoms with van der Waals surface area (Å²) < 4.78 is 31.2. The summed E-state index contributed by atoms with van der Waals surface area (Å²) in [5.74, 6) is -0.227. The molecule has 0 bridgehead atoms. The second-order valence-corrected chi connectivity index (χ2v) is 7.57. The number of anilines is 2. The molecule has 0 saturated heterocycles. The standard InChI is InChI=1S/C11H9ClFN3O.C10H6Cl2FN3.CH4O.CH3O.Na/c1-17-10-3-7(9(12)5-15-10)8-2-6(13)4-16-11(8)14;11-8-4-15-9(12)2-6(8)7-1-5(13)3-16-10(7)14;2*1-2;/h2-5H,1H3,(H2,14,16);1-4H,(H2,14,16);2H,1H3;1H3;/q;;;-1;+1. The molecular weight excluding hydrogens is 576 g/mol. The quantitative estimate of drug-likeness (QED) is 0.234. The first-order valence-electron chi connectivity index (χ1n) is 9.88. The van der Waals surface area contributed by atoms with E-state index in [0.29, 0.717) is 38.2 Å². The van der Waals surface area contributed by atoms with Crippen LogP contribution in [-0.4, -0.2) is 46.4 Å². The molecule has 5 N–H and O–H groups in total. The first-order chi connectivity index (χ1) is 17.7. The molecule has 0 aromatic carbocycles. The summed E-state index contributed by atoms with van der Waals surface area (Å²) >= 11 is 17.7. The van der Waals surface area contributed by atoms with Crippen LogP contribution in [0.5, 0.6) is 5.88 Å². The summed E-state index contributed by atoms with van der Waals surface area (Å²) in [5, 5.41) is 16.2. The van der Waals surface area contributed by atoms with Gasteiger partial charge >= 0.3 is 29.6 Å². The molecule has 4 rings (SSSR count). The Hall–Kier alpha value is -2.35. The Balaban J connectivity index is 0.000000624. The van der Waals surface area contributed by atoms with Crippen LogP contribution < -0.4 is 50.9 Å². The smallest absolute Gasteiger partial charge is 0.857 e. The fourth-order valence-corrected chi connectivity index (χ4v) is 3.26. The molecule has 0 unspecified atom stereocenters. The predicted octanol–water partition coefficient (Wildman–Crippen LogP) is 1.29. The minimum atomic E-state index is -0.492. The molecule has 0 radical (unpaired) electrons. The second kappa shape index (κ2) is 18.0. The van der Waals surface area contributed by atoms with Crippen LogP contribution in [0.15, 0.2) is 49.1 Å². The van der Waals surface area contributed by atoms with E-state index < -0.39 is 11.6 Å². The van der Waals surface area contributed by atoms with E-state index in [1.807, 2.05) is 0 Å². The van der Waals surface area contributed by atoms with E-state index in [4.69, 9.17) is 61.2 Å². The third kappa shape index (κ3) is 10.1. The van der Waals surface area contributed by atoms with Crippen molar-refractivity contribution in [1.29, 1.82) is 0 Å². The van der Waals surface area contributed by atoms with Crippen LogP contribution in [0, 0.1) is 11.6 Å². The zero-order valence-electron chi connectivity index (χ0n) is 20.7. The van der Waals surface area contributed by atoms with Crippen molar-refractivity contribution in [3.63, 3.8) is 0 Å². The molecule has 15 heteroatoms. The van der Waals surface area contributed by atoms with Crippen molar-refractivity contribution in [2.75, 3.05) is 32.8 Å². The number of methoxy groups -OCH3 is 1. The molecule has 0 aliphatic heterocycles. The number of nitrogens with two attached hydrogens (primary N) is 2. The number of hydrogen-bond acceptors (Lipinski definition) is 9. The largest absolute Gasteiger partial charge is 1.00 e. The molecule has 38 heavy (non-hydrogen) atoms. The van der Waals surface area contributed by atoms with Gasteiger partial charge in [-0.3, -0.25) is 0 Å². The maximum Gasteiger partial charge on any atom is 1.00 e. The van der Waals surface area contributed by atoms with Gasteiger partial charge in [-0.05, 0) is 18.2 Å². The minimum absolute atomic E-state index is 0. The molecule has 9 nitrogen and oxygen atoms in total. The molecule has 4 heterocycles. The fourth-order valence-electron chi connectivity index (χ4n) is 2.69. The van der Waals surface area contributed by atoms with Crippen molar-refractivity contribution in [2.24, 2.45) is 0 Å². The van der Waals surface area contributed by atoms with E-state index in [2.05, 4.69) is 19.9 Å². The van der Waals surface area contributed by atoms with Crippen LogP contribution in [-0.2, 0) is 0 Å². The van der Waals surface area contributed by atoms with Gasteiger partial charge in [0, 0.05) is 41.6 Å². The van der Waals surface area contributed by atoms with E-state index in [9.17, 15) is 8.78 Å². The number of hydrogen-bond donors (Lipinski definition) is 3. The summed E-state index contributed by atoms with van der Waals surface area (Å²) in [5.41, 5.74) is 13.2. The Kier molecular flexibility index (Phi) is 16.9. The molecule has 4 aromatic rings. The zero-order valence-corrected chi connectivity index (χ0v) is 25.0. The van der Waals surface area contributed by atoms with Gasteiger partial charge in [0.25, 0.3) is 0 Å². The Labute approximate surface area is 255 Å². The van der Waals surface area contributed by atoms with Gasteiger partial charge in [-0.1, -0.05) is 34.8 Å². The van der Waals surface area contributed by atoms with Crippen LogP contribution in [0.1, 0.15) is 0 Å². The van der Waals surface area contributed by atoms with Gasteiger partial charge < -0.3 is 26.4 Å². The van der Waals surface area contributed by atoms with E-state index in [-0.39, 0.29) is 46.3 Å². The van der Waals surface area contributed by atoms with Crippen molar-refractivity contribution in [1.82, 2.24) is 19.9 Å². The van der Waals surface area contributed by atoms with Crippen LogP contribution in [0.2, 0.25) is 15.2 Å². The van der Waals surface area contributed by atoms with Gasteiger partial charge in [-0.2, -0.15) is 7.11 Å². The fraction of sp³-hybridized carbons (Fsp3) is 0.130. The SMILES string of the molecule is CO.COc1cc(-c2cc(F)cnc2N)c(Cl)cn1.C[O-].Nc1ncc(F)cc1-c1cc(Cl)ncc1Cl.[Na+]. The maximum absolute atomic E-state index is 13.1. The zero-order chi connectivity index (χ0) is 28.1. The summed E-state index contributed by atoms with van der Waals surface area (Å²) in [7, 11) is 3.23. The van der Waals surface area contributed by atoms with Crippen molar-refractivity contribution in [2.45, 2.75) is 0 Å². The Morgan fingerprint density at radius 2 is 1.13 bits per heavy atom. The van der Waals surface area contributed by atoms with Crippen molar-refractivity contribution in [3.05, 3.63) is 75.9 Å². The number of rotatable bonds is 3. The molecular formula is C23H22Cl3F2N6NaO3. The minimum Gasteiger partial charge on any atom is -0.857 e. The van der Waals surface area contributed by atoms with Crippen LogP contribution in [0.3, 0.4) is 0 Å². The number of aliphatic hydroxyl groups is 1. The topological polar surface area (TPSA) is 156 Å². The van der Waals surface area contributed by atoms with Gasteiger partial charge in [-0.15, -0.1) is 0 Å². The van der Waals surface area contributed by atoms with Crippen molar-refractivity contribution >= 4 is 46.4 Å². The third-order valence-corrected chi connectivity index (χ3v) is 5.02. The molecule has 4 aromatic heterocycles. The van der Waals surface area contributed by atoms with Gasteiger partial charge in [0.15, 0.2) is 0 Å². The van der Waals surface area contributed by atoms with E-state index >= 15 is 0 Å². The van der Waals surface area contributed by atoms with Crippen molar-refractivity contribution in [3.8, 4) is 28.1 Å². The number of aromatic nitrogens is 4. The van der Waals surface area contributed by atoms with E-state index in [1.165, 1.54) is 37.7 Å². The van der Waals surface area contributed by atoms with Gasteiger partial charge in [0.2, 0.25) is 5.88 Å². The molecule has 0 amide bonds. The summed E-state index contributed by atoms with van der Waals surface area (Å²) in [6.07, 6.45) is 4.88. The van der Waals surface area contributed by atoms with E-state index in [1.54, 1.807) is 6.07 Å². The monoisotopic (exact) mass is 596 g/mol. The number of nitrogen functional groups attached to an aromatic ring is 2. The normalized spacial score (nSPS) is 9.32. The summed E-state index contributed by atoms with van der Waals surface area (Å²) in [6.45, 7) is 0. The maximum atomic E-state index is 13.1. The predicted molar refractivity (Wildman–Crippen MR) is 139 cm³/mol. The average molecular weight is 598 g/mol. The molecule has 198 valence electrons.